The lowest BCUT2D eigenvalue weighted by molar-refractivity contribution is 0.688. The van der Waals surface area contributed by atoms with Crippen LogP contribution >= 0.6 is 11.3 Å². The first-order chi connectivity index (χ1) is 12.7. The maximum atomic E-state index is 4.85. The number of rotatable bonds is 5. The Bertz CT molecular complexity index is 897. The molecule has 2 heterocycles. The molecule has 2 aromatic rings. The van der Waals surface area contributed by atoms with Gasteiger partial charge in [0.25, 0.3) is 0 Å². The Morgan fingerprint density at radius 2 is 2.12 bits per heavy atom. The van der Waals surface area contributed by atoms with E-state index in [1.54, 1.807) is 11.1 Å². The van der Waals surface area contributed by atoms with Gasteiger partial charge in [-0.05, 0) is 95.9 Å². The predicted octanol–water partition coefficient (Wildman–Crippen LogP) is 6.22. The fourth-order valence-electron chi connectivity index (χ4n) is 4.41. The van der Waals surface area contributed by atoms with Crippen molar-refractivity contribution in [3.8, 4) is 0 Å². The second-order valence-corrected chi connectivity index (χ2v) is 8.33. The van der Waals surface area contributed by atoms with Gasteiger partial charge >= 0.3 is 0 Å². The molecule has 2 heteroatoms. The van der Waals surface area contributed by atoms with Crippen molar-refractivity contribution in [2.75, 3.05) is 0 Å². The summed E-state index contributed by atoms with van der Waals surface area (Å²) in [4.78, 5) is 6.35. The Balaban J connectivity index is 1.65. The molecular formula is C24H27NS. The highest BCUT2D eigenvalue weighted by Crippen LogP contribution is 2.38. The van der Waals surface area contributed by atoms with Crippen LogP contribution < -0.4 is 0 Å². The van der Waals surface area contributed by atoms with E-state index in [-0.39, 0.29) is 6.04 Å². The quantitative estimate of drug-likeness (QED) is 0.599. The molecule has 0 N–H and O–H groups in total. The van der Waals surface area contributed by atoms with Crippen molar-refractivity contribution in [1.29, 1.82) is 0 Å². The van der Waals surface area contributed by atoms with Gasteiger partial charge in [-0.25, -0.2) is 0 Å². The zero-order valence-electron chi connectivity index (χ0n) is 15.8. The number of fused-ring (bicyclic) bond motifs is 1. The molecule has 2 aliphatic rings. The summed E-state index contributed by atoms with van der Waals surface area (Å²) in [5.41, 5.74) is 10.1. The highest BCUT2D eigenvalue weighted by atomic mass is 32.1. The summed E-state index contributed by atoms with van der Waals surface area (Å²) in [6.45, 7) is 8.41. The second-order valence-electron chi connectivity index (χ2n) is 7.45. The molecular weight excluding hydrogens is 334 g/mol. The predicted molar refractivity (Wildman–Crippen MR) is 116 cm³/mol. The number of benzene rings is 1. The van der Waals surface area contributed by atoms with Gasteiger partial charge < -0.3 is 0 Å². The first-order valence-corrected chi connectivity index (χ1v) is 10.7. The number of thiophene rings is 1. The van der Waals surface area contributed by atoms with Gasteiger partial charge in [0.1, 0.15) is 0 Å². The van der Waals surface area contributed by atoms with E-state index in [1.165, 1.54) is 58.4 Å². The maximum absolute atomic E-state index is 4.85. The lowest BCUT2D eigenvalue weighted by atomic mass is 9.87. The maximum Gasteiger partial charge on any atom is 0.0803 e. The van der Waals surface area contributed by atoms with Crippen molar-refractivity contribution in [1.82, 2.24) is 0 Å². The lowest BCUT2D eigenvalue weighted by Gasteiger charge is -2.20. The number of hydrogen-bond donors (Lipinski definition) is 0. The van der Waals surface area contributed by atoms with Crippen molar-refractivity contribution in [3.63, 3.8) is 0 Å². The van der Waals surface area contributed by atoms with Crippen LogP contribution in [0.4, 0.5) is 0 Å². The van der Waals surface area contributed by atoms with E-state index in [1.807, 2.05) is 23.6 Å². The molecule has 1 unspecified atom stereocenters. The van der Waals surface area contributed by atoms with E-state index >= 15 is 0 Å². The SMILES string of the molecule is C=Cc1cc(C)c(CC2N=CC=C2c2scc3c2CCCC3)c(CC)c1. The van der Waals surface area contributed by atoms with Gasteiger partial charge in [0.05, 0.1) is 6.04 Å². The van der Waals surface area contributed by atoms with E-state index in [4.69, 9.17) is 4.99 Å². The summed E-state index contributed by atoms with van der Waals surface area (Å²) in [6, 6.07) is 4.82. The van der Waals surface area contributed by atoms with Crippen LogP contribution in [0.25, 0.3) is 11.6 Å². The summed E-state index contributed by atoms with van der Waals surface area (Å²) in [7, 11) is 0. The summed E-state index contributed by atoms with van der Waals surface area (Å²) in [5.74, 6) is 0. The van der Waals surface area contributed by atoms with Crippen LogP contribution in [-0.4, -0.2) is 12.3 Å². The zero-order chi connectivity index (χ0) is 18.1. The largest absolute Gasteiger partial charge is 0.285 e. The number of aliphatic imine (C=N–C) groups is 1. The Labute approximate surface area is 161 Å². The molecule has 26 heavy (non-hydrogen) atoms. The summed E-state index contributed by atoms with van der Waals surface area (Å²) in [5, 5.41) is 2.39. The summed E-state index contributed by atoms with van der Waals surface area (Å²) >= 11 is 1.94. The molecule has 4 rings (SSSR count). The van der Waals surface area contributed by atoms with E-state index in [2.05, 4.69) is 44.0 Å². The first-order valence-electron chi connectivity index (χ1n) is 9.79. The van der Waals surface area contributed by atoms with Gasteiger partial charge in [-0.3, -0.25) is 4.99 Å². The molecule has 1 aromatic heterocycles. The first kappa shape index (κ1) is 17.5. The molecule has 1 aliphatic heterocycles. The second kappa shape index (κ2) is 7.36. The minimum absolute atomic E-state index is 0.262. The summed E-state index contributed by atoms with van der Waals surface area (Å²) < 4.78 is 0. The number of hydrogen-bond acceptors (Lipinski definition) is 2. The molecule has 0 bridgehead atoms. The van der Waals surface area contributed by atoms with E-state index in [9.17, 15) is 0 Å². The van der Waals surface area contributed by atoms with Crippen LogP contribution in [0.1, 0.15) is 58.0 Å². The molecule has 1 atom stereocenters. The van der Waals surface area contributed by atoms with Crippen molar-refractivity contribution in [3.05, 3.63) is 68.4 Å². The molecule has 0 saturated heterocycles. The van der Waals surface area contributed by atoms with Gasteiger partial charge in [-0.1, -0.05) is 31.7 Å². The molecule has 1 aromatic carbocycles. The molecule has 1 nitrogen and oxygen atoms in total. The van der Waals surface area contributed by atoms with E-state index < -0.39 is 0 Å². The molecule has 134 valence electrons. The zero-order valence-corrected chi connectivity index (χ0v) is 16.7. The Morgan fingerprint density at radius 1 is 1.27 bits per heavy atom. The van der Waals surface area contributed by atoms with Gasteiger partial charge in [-0.2, -0.15) is 0 Å². The average Bonchev–Trinajstić information content (AvgIpc) is 3.29. The van der Waals surface area contributed by atoms with Crippen molar-refractivity contribution in [2.45, 2.75) is 58.4 Å². The topological polar surface area (TPSA) is 12.4 Å². The van der Waals surface area contributed by atoms with Gasteiger partial charge in [-0.15, -0.1) is 11.3 Å². The van der Waals surface area contributed by atoms with Crippen molar-refractivity contribution >= 4 is 29.2 Å². The van der Waals surface area contributed by atoms with Gasteiger partial charge in [0.15, 0.2) is 0 Å². The normalized spacial score (nSPS) is 18.7. The van der Waals surface area contributed by atoms with Crippen LogP contribution in [0.15, 0.2) is 35.2 Å². The highest BCUT2D eigenvalue weighted by Gasteiger charge is 2.25. The third-order valence-corrected chi connectivity index (χ3v) is 6.97. The van der Waals surface area contributed by atoms with Gasteiger partial charge in [0, 0.05) is 11.1 Å². The average molecular weight is 362 g/mol. The molecule has 0 fully saturated rings. The molecule has 0 spiro atoms. The Morgan fingerprint density at radius 3 is 2.92 bits per heavy atom. The lowest BCUT2D eigenvalue weighted by Crippen LogP contribution is -2.13. The van der Waals surface area contributed by atoms with Crippen LogP contribution in [0.2, 0.25) is 0 Å². The molecule has 1 aliphatic carbocycles. The number of allylic oxidation sites excluding steroid dienone is 1. The van der Waals surface area contributed by atoms with Crippen LogP contribution in [0.5, 0.6) is 0 Å². The van der Waals surface area contributed by atoms with Crippen molar-refractivity contribution in [2.24, 2.45) is 4.99 Å². The third-order valence-electron chi connectivity index (χ3n) is 5.85. The van der Waals surface area contributed by atoms with Gasteiger partial charge in [0.2, 0.25) is 0 Å². The van der Waals surface area contributed by atoms with Crippen molar-refractivity contribution < 1.29 is 0 Å². The molecule has 0 saturated carbocycles. The fourth-order valence-corrected chi connectivity index (χ4v) is 5.64. The summed E-state index contributed by atoms with van der Waals surface area (Å²) in [6.07, 6.45) is 13.5. The monoisotopic (exact) mass is 361 g/mol. The third kappa shape index (κ3) is 3.12. The van der Waals surface area contributed by atoms with Crippen LogP contribution in [0, 0.1) is 6.92 Å². The van der Waals surface area contributed by atoms with E-state index in [0.717, 1.165) is 12.8 Å². The number of nitrogens with zero attached hydrogens (tertiary/aromatic N) is 1. The minimum Gasteiger partial charge on any atom is -0.285 e. The number of aryl methyl sites for hydroxylation is 3. The van der Waals surface area contributed by atoms with E-state index in [0.29, 0.717) is 0 Å². The fraction of sp³-hybridized carbons (Fsp3) is 0.375. The highest BCUT2D eigenvalue weighted by molar-refractivity contribution is 7.11. The smallest absolute Gasteiger partial charge is 0.0803 e. The standard InChI is InChI=1S/C24H27NS/c1-4-17-12-16(3)22(18(5-2)13-17)14-23-21(10-11-25-23)24-20-9-7-6-8-19(20)15-26-24/h4,10-13,15,23H,1,5-9,14H2,2-3H3. The Kier molecular flexibility index (Phi) is 4.95. The Hall–Kier alpha value is -1.93. The molecule has 0 amide bonds. The minimum atomic E-state index is 0.262. The van der Waals surface area contributed by atoms with Crippen LogP contribution in [-0.2, 0) is 25.7 Å². The molecule has 0 radical (unpaired) electrons. The van der Waals surface area contributed by atoms with Crippen LogP contribution in [0.3, 0.4) is 0 Å².